The number of nitrogens with one attached hydrogen (secondary N) is 1. The number of hydrogen-bond donors (Lipinski definition) is 1. The summed E-state index contributed by atoms with van der Waals surface area (Å²) in [5, 5.41) is 10.9. The zero-order valence-electron chi connectivity index (χ0n) is 10.9. The summed E-state index contributed by atoms with van der Waals surface area (Å²) < 4.78 is 6.45. The van der Waals surface area contributed by atoms with Crippen molar-refractivity contribution in [2.24, 2.45) is 0 Å². The average molecular weight is 304 g/mol. The van der Waals surface area contributed by atoms with Crippen LogP contribution in [0.3, 0.4) is 0 Å². The van der Waals surface area contributed by atoms with Gasteiger partial charge in [0, 0.05) is 11.1 Å². The van der Waals surface area contributed by atoms with Crippen LogP contribution >= 0.6 is 11.6 Å². The minimum absolute atomic E-state index is 0.122. The first-order valence-corrected chi connectivity index (χ1v) is 6.40. The molecule has 1 amide bonds. The fourth-order valence-electron chi connectivity index (χ4n) is 1.80. The molecule has 0 aliphatic heterocycles. The van der Waals surface area contributed by atoms with Crippen LogP contribution in [-0.2, 0) is 0 Å². The van der Waals surface area contributed by atoms with Crippen molar-refractivity contribution >= 4 is 23.2 Å². The third kappa shape index (κ3) is 2.77. The summed E-state index contributed by atoms with van der Waals surface area (Å²) in [6.07, 6.45) is 2.93. The lowest BCUT2D eigenvalue weighted by atomic mass is 10.2. The number of nitrogens with zero attached hydrogens (tertiary/aromatic N) is 4. The Kier molecular flexibility index (Phi) is 3.41. The molecule has 21 heavy (non-hydrogen) atoms. The number of rotatable bonds is 3. The molecule has 0 bridgehead atoms. The Labute approximate surface area is 124 Å². The van der Waals surface area contributed by atoms with Crippen molar-refractivity contribution in [3.05, 3.63) is 53.4 Å². The lowest BCUT2D eigenvalue weighted by molar-refractivity contribution is 0.0988. The second-order valence-electron chi connectivity index (χ2n) is 4.29. The summed E-state index contributed by atoms with van der Waals surface area (Å²) in [6, 6.07) is 6.61. The van der Waals surface area contributed by atoms with Gasteiger partial charge in [0.25, 0.3) is 5.91 Å². The van der Waals surface area contributed by atoms with Gasteiger partial charge in [0.1, 0.15) is 12.7 Å². The summed E-state index contributed by atoms with van der Waals surface area (Å²) in [4.78, 5) is 16.0. The third-order valence-electron chi connectivity index (χ3n) is 2.72. The predicted molar refractivity (Wildman–Crippen MR) is 75.6 cm³/mol. The maximum Gasteiger partial charge on any atom is 0.294 e. The normalized spacial score (nSPS) is 10.6. The van der Waals surface area contributed by atoms with Crippen LogP contribution in [0, 0.1) is 6.92 Å². The quantitative estimate of drug-likeness (QED) is 0.803. The van der Waals surface area contributed by atoms with E-state index in [9.17, 15) is 4.79 Å². The van der Waals surface area contributed by atoms with Crippen molar-refractivity contribution in [3.8, 4) is 5.69 Å². The highest BCUT2D eigenvalue weighted by molar-refractivity contribution is 6.31. The van der Waals surface area contributed by atoms with E-state index in [2.05, 4.69) is 20.6 Å². The summed E-state index contributed by atoms with van der Waals surface area (Å²) >= 11 is 5.98. The Balaban J connectivity index is 1.94. The van der Waals surface area contributed by atoms with Gasteiger partial charge in [-0.1, -0.05) is 16.8 Å². The fourth-order valence-corrected chi connectivity index (χ4v) is 1.97. The van der Waals surface area contributed by atoms with E-state index in [1.54, 1.807) is 31.2 Å². The summed E-state index contributed by atoms with van der Waals surface area (Å²) in [6.45, 7) is 1.74. The molecule has 0 radical (unpaired) electrons. The van der Waals surface area contributed by atoms with Gasteiger partial charge in [-0.2, -0.15) is 5.10 Å². The minimum atomic E-state index is -0.417. The lowest BCUT2D eigenvalue weighted by Gasteiger charge is -2.10. The molecule has 2 heterocycles. The molecule has 0 spiro atoms. The molecule has 3 rings (SSSR count). The molecule has 0 atom stereocenters. The van der Waals surface area contributed by atoms with E-state index in [0.29, 0.717) is 22.1 Å². The van der Waals surface area contributed by atoms with Gasteiger partial charge in [0.05, 0.1) is 17.1 Å². The maximum absolute atomic E-state index is 12.1. The van der Waals surface area contributed by atoms with Crippen molar-refractivity contribution < 1.29 is 9.32 Å². The number of halogens is 1. The molecular weight excluding hydrogens is 294 g/mol. The first-order valence-electron chi connectivity index (χ1n) is 6.03. The van der Waals surface area contributed by atoms with Gasteiger partial charge in [-0.15, -0.1) is 0 Å². The van der Waals surface area contributed by atoms with Crippen LogP contribution < -0.4 is 5.32 Å². The van der Waals surface area contributed by atoms with E-state index >= 15 is 0 Å². The van der Waals surface area contributed by atoms with E-state index in [0.717, 1.165) is 0 Å². The van der Waals surface area contributed by atoms with E-state index in [4.69, 9.17) is 16.1 Å². The van der Waals surface area contributed by atoms with E-state index in [1.807, 2.05) is 0 Å². The van der Waals surface area contributed by atoms with Crippen LogP contribution in [0.15, 0.2) is 41.4 Å². The molecule has 0 fully saturated rings. The molecule has 2 aromatic heterocycles. The smallest absolute Gasteiger partial charge is 0.294 e. The largest absolute Gasteiger partial charge is 0.351 e. The molecule has 0 saturated carbocycles. The van der Waals surface area contributed by atoms with Crippen LogP contribution in [0.1, 0.15) is 16.2 Å². The molecule has 0 saturated heterocycles. The Bertz CT molecular complexity index is 782. The Morgan fingerprint density at radius 2 is 2.24 bits per heavy atom. The number of carbonyl (C=O) groups excluding carboxylic acids is 1. The zero-order chi connectivity index (χ0) is 14.8. The molecule has 7 nitrogen and oxygen atoms in total. The fraction of sp³-hybridized carbons (Fsp3) is 0.0769. The van der Waals surface area contributed by atoms with Crippen molar-refractivity contribution in [1.29, 1.82) is 0 Å². The topological polar surface area (TPSA) is 85.8 Å². The number of aromatic nitrogens is 4. The number of benzene rings is 1. The van der Waals surface area contributed by atoms with Crippen molar-refractivity contribution in [2.75, 3.05) is 5.32 Å². The van der Waals surface area contributed by atoms with E-state index in [-0.39, 0.29) is 5.76 Å². The van der Waals surface area contributed by atoms with Crippen LogP contribution in [0.5, 0.6) is 0 Å². The number of hydrogen-bond acceptors (Lipinski definition) is 5. The standard InChI is InChI=1S/C13H10ClN5O2/c1-8-4-12(21-18-8)13(20)17-10-5-9(14)2-3-11(10)19-7-15-6-16-19/h2-7H,1H3,(H,17,20). The maximum atomic E-state index is 12.1. The van der Waals surface area contributed by atoms with Gasteiger partial charge in [-0.25, -0.2) is 9.67 Å². The number of carbonyl (C=O) groups is 1. The van der Waals surface area contributed by atoms with Crippen LogP contribution in [0.25, 0.3) is 5.69 Å². The van der Waals surface area contributed by atoms with Gasteiger partial charge >= 0.3 is 0 Å². The molecular formula is C13H10ClN5O2. The first-order chi connectivity index (χ1) is 10.1. The second-order valence-corrected chi connectivity index (χ2v) is 4.72. The lowest BCUT2D eigenvalue weighted by Crippen LogP contribution is -2.13. The van der Waals surface area contributed by atoms with Gasteiger partial charge in [-0.05, 0) is 25.1 Å². The molecule has 3 aromatic rings. The molecule has 8 heteroatoms. The van der Waals surface area contributed by atoms with E-state index < -0.39 is 5.91 Å². The summed E-state index contributed by atoms with van der Waals surface area (Å²) in [5.41, 5.74) is 1.76. The van der Waals surface area contributed by atoms with Gasteiger partial charge < -0.3 is 9.84 Å². The first kappa shape index (κ1) is 13.3. The molecule has 0 aliphatic rings. The highest BCUT2D eigenvalue weighted by atomic mass is 35.5. The highest BCUT2D eigenvalue weighted by Crippen LogP contribution is 2.24. The molecule has 106 valence electrons. The van der Waals surface area contributed by atoms with Crippen molar-refractivity contribution in [2.45, 2.75) is 6.92 Å². The molecule has 0 unspecified atom stereocenters. The summed E-state index contributed by atoms with van der Waals surface area (Å²) in [5.74, 6) is -0.295. The summed E-state index contributed by atoms with van der Waals surface area (Å²) in [7, 11) is 0. The van der Waals surface area contributed by atoms with Crippen LogP contribution in [-0.4, -0.2) is 25.8 Å². The van der Waals surface area contributed by atoms with Crippen molar-refractivity contribution in [3.63, 3.8) is 0 Å². The zero-order valence-corrected chi connectivity index (χ0v) is 11.7. The Morgan fingerprint density at radius 3 is 2.90 bits per heavy atom. The number of aryl methyl sites for hydroxylation is 1. The average Bonchev–Trinajstić information content (AvgIpc) is 3.10. The van der Waals surface area contributed by atoms with Gasteiger partial charge in [0.15, 0.2) is 0 Å². The Hall–Kier alpha value is -2.67. The Morgan fingerprint density at radius 1 is 1.38 bits per heavy atom. The highest BCUT2D eigenvalue weighted by Gasteiger charge is 2.15. The molecule has 0 aliphatic carbocycles. The van der Waals surface area contributed by atoms with Crippen LogP contribution in [0.4, 0.5) is 5.69 Å². The van der Waals surface area contributed by atoms with Crippen molar-refractivity contribution in [1.82, 2.24) is 19.9 Å². The predicted octanol–water partition coefficient (Wildman–Crippen LogP) is 2.47. The molecule has 1 aromatic carbocycles. The monoisotopic (exact) mass is 303 g/mol. The number of amides is 1. The number of anilines is 1. The third-order valence-corrected chi connectivity index (χ3v) is 2.96. The molecule has 1 N–H and O–H groups in total. The SMILES string of the molecule is Cc1cc(C(=O)Nc2cc(Cl)ccc2-n2cncn2)on1. The van der Waals surface area contributed by atoms with E-state index in [1.165, 1.54) is 17.3 Å². The van der Waals surface area contributed by atoms with Gasteiger partial charge in [0.2, 0.25) is 5.76 Å². The second kappa shape index (κ2) is 5.37. The minimum Gasteiger partial charge on any atom is -0.351 e. The van der Waals surface area contributed by atoms with Gasteiger partial charge in [-0.3, -0.25) is 4.79 Å². The van der Waals surface area contributed by atoms with Crippen LogP contribution in [0.2, 0.25) is 5.02 Å².